The van der Waals surface area contributed by atoms with E-state index in [0.717, 1.165) is 11.3 Å². The number of hydrogen-bond donors (Lipinski definition) is 0. The van der Waals surface area contributed by atoms with Crippen LogP contribution in [0, 0.1) is 11.8 Å². The van der Waals surface area contributed by atoms with E-state index in [1.165, 1.54) is 0 Å². The van der Waals surface area contributed by atoms with E-state index >= 15 is 0 Å². The second kappa shape index (κ2) is 10.2. The molecule has 5 nitrogen and oxygen atoms in total. The average Bonchev–Trinajstić information content (AvgIpc) is 2.95. The first-order chi connectivity index (χ1) is 18.0. The van der Waals surface area contributed by atoms with Gasteiger partial charge in [0.1, 0.15) is 11.9 Å². The Hall–Kier alpha value is -4.51. The second-order valence-electron chi connectivity index (χ2n) is 9.35. The van der Waals surface area contributed by atoms with Gasteiger partial charge in [-0.25, -0.2) is 0 Å². The molecule has 5 heteroatoms. The van der Waals surface area contributed by atoms with E-state index in [0.29, 0.717) is 22.4 Å². The quantitative estimate of drug-likeness (QED) is 0.233. The third-order valence-electron chi connectivity index (χ3n) is 6.81. The van der Waals surface area contributed by atoms with Crippen molar-refractivity contribution < 1.29 is 19.1 Å². The Kier molecular flexibility index (Phi) is 6.69. The van der Waals surface area contributed by atoms with Crippen LogP contribution in [-0.4, -0.2) is 31.4 Å². The molecule has 0 radical (unpaired) electrons. The molecule has 1 heterocycles. The lowest BCUT2D eigenvalue weighted by Crippen LogP contribution is -2.43. The molecule has 0 fully saturated rings. The zero-order chi connectivity index (χ0) is 25.9. The first kappa shape index (κ1) is 24.2. The van der Waals surface area contributed by atoms with E-state index in [9.17, 15) is 14.4 Å². The van der Waals surface area contributed by atoms with Gasteiger partial charge in [0.05, 0.1) is 17.4 Å². The summed E-state index contributed by atoms with van der Waals surface area (Å²) in [6.07, 6.45) is -0.816. The standard InChI is InChI=1S/C32H27NO4/c1-33(2)24-19-17-23(18-20-24)32-28(31(36)25-15-9-10-16-26(25)37-32)27(29(34)21-11-5-3-6-12-21)30(35)22-13-7-4-8-14-22/h3-20,27-28,32H,1-2H3. The summed E-state index contributed by atoms with van der Waals surface area (Å²) in [5.74, 6) is -2.92. The number of ketones is 3. The third kappa shape index (κ3) is 4.68. The highest BCUT2D eigenvalue weighted by Gasteiger charge is 2.48. The van der Waals surface area contributed by atoms with Gasteiger partial charge in [-0.3, -0.25) is 14.4 Å². The van der Waals surface area contributed by atoms with Crippen LogP contribution in [-0.2, 0) is 0 Å². The molecule has 4 aromatic carbocycles. The number of rotatable bonds is 7. The molecule has 0 saturated heterocycles. The van der Waals surface area contributed by atoms with Gasteiger partial charge in [-0.1, -0.05) is 84.9 Å². The molecular formula is C32H27NO4. The fraction of sp³-hybridized carbons (Fsp3) is 0.156. The maximum Gasteiger partial charge on any atom is 0.174 e. The van der Waals surface area contributed by atoms with Gasteiger partial charge in [0.2, 0.25) is 0 Å². The van der Waals surface area contributed by atoms with Crippen molar-refractivity contribution in [1.82, 2.24) is 0 Å². The largest absolute Gasteiger partial charge is 0.484 e. The zero-order valence-corrected chi connectivity index (χ0v) is 20.7. The molecule has 184 valence electrons. The number of ether oxygens (including phenoxy) is 1. The van der Waals surface area contributed by atoms with Crippen molar-refractivity contribution in [3.05, 3.63) is 131 Å². The van der Waals surface area contributed by atoms with E-state index < -0.39 is 29.5 Å². The first-order valence-corrected chi connectivity index (χ1v) is 12.2. The van der Waals surface area contributed by atoms with Crippen molar-refractivity contribution in [2.45, 2.75) is 6.10 Å². The lowest BCUT2D eigenvalue weighted by atomic mass is 9.71. The average molecular weight is 490 g/mol. The van der Waals surface area contributed by atoms with Crippen LogP contribution >= 0.6 is 0 Å². The maximum atomic E-state index is 14.1. The van der Waals surface area contributed by atoms with Gasteiger partial charge in [0, 0.05) is 30.9 Å². The smallest absolute Gasteiger partial charge is 0.174 e. The van der Waals surface area contributed by atoms with Crippen molar-refractivity contribution in [2.75, 3.05) is 19.0 Å². The summed E-state index contributed by atoms with van der Waals surface area (Å²) in [7, 11) is 3.89. The molecular weight excluding hydrogens is 462 g/mol. The van der Waals surface area contributed by atoms with Crippen LogP contribution in [0.1, 0.15) is 42.7 Å². The number of hydrogen-bond acceptors (Lipinski definition) is 5. The van der Waals surface area contributed by atoms with Crippen LogP contribution in [0.5, 0.6) is 5.75 Å². The van der Waals surface area contributed by atoms with Gasteiger partial charge < -0.3 is 9.64 Å². The molecule has 1 aliphatic heterocycles. The molecule has 0 amide bonds. The highest BCUT2D eigenvalue weighted by atomic mass is 16.5. The molecule has 1 aliphatic rings. The van der Waals surface area contributed by atoms with Gasteiger partial charge in [-0.15, -0.1) is 0 Å². The molecule has 0 aliphatic carbocycles. The fourth-order valence-electron chi connectivity index (χ4n) is 4.87. The van der Waals surface area contributed by atoms with Gasteiger partial charge in [0.15, 0.2) is 17.3 Å². The fourth-order valence-corrected chi connectivity index (χ4v) is 4.87. The Bertz CT molecular complexity index is 1380. The number of carbonyl (C=O) groups excluding carboxylic acids is 3. The second-order valence-corrected chi connectivity index (χ2v) is 9.35. The summed E-state index contributed by atoms with van der Waals surface area (Å²) < 4.78 is 6.42. The number of para-hydroxylation sites is 1. The number of nitrogens with zero attached hydrogens (tertiary/aromatic N) is 1. The van der Waals surface area contributed by atoms with Crippen LogP contribution < -0.4 is 9.64 Å². The molecule has 2 unspecified atom stereocenters. The summed E-state index contributed by atoms with van der Waals surface area (Å²) in [6.45, 7) is 0. The van der Waals surface area contributed by atoms with Crippen LogP contribution in [0.4, 0.5) is 5.69 Å². The van der Waals surface area contributed by atoms with Crippen molar-refractivity contribution in [3.8, 4) is 5.75 Å². The van der Waals surface area contributed by atoms with Crippen molar-refractivity contribution in [1.29, 1.82) is 0 Å². The monoisotopic (exact) mass is 489 g/mol. The molecule has 0 spiro atoms. The summed E-state index contributed by atoms with van der Waals surface area (Å²) in [6, 6.07) is 32.0. The number of carbonyl (C=O) groups is 3. The number of anilines is 1. The SMILES string of the molecule is CN(C)c1ccc(C2Oc3ccccc3C(=O)C2C(C(=O)c2ccccc2)C(=O)c2ccccc2)cc1. The summed E-state index contributed by atoms with van der Waals surface area (Å²) in [4.78, 5) is 44.1. The molecule has 0 bridgehead atoms. The molecule has 4 aromatic rings. The Morgan fingerprint density at radius 2 is 1.22 bits per heavy atom. The molecule has 37 heavy (non-hydrogen) atoms. The van der Waals surface area contributed by atoms with E-state index in [-0.39, 0.29) is 5.78 Å². The van der Waals surface area contributed by atoms with Crippen LogP contribution in [0.15, 0.2) is 109 Å². The van der Waals surface area contributed by atoms with Crippen LogP contribution in [0.3, 0.4) is 0 Å². The Morgan fingerprint density at radius 1 is 0.703 bits per heavy atom. The normalized spacial score (nSPS) is 16.6. The molecule has 2 atom stereocenters. The predicted molar refractivity (Wildman–Crippen MR) is 143 cm³/mol. The van der Waals surface area contributed by atoms with E-state index in [1.54, 1.807) is 72.8 Å². The minimum absolute atomic E-state index is 0.276. The molecule has 0 saturated carbocycles. The first-order valence-electron chi connectivity index (χ1n) is 12.2. The van der Waals surface area contributed by atoms with Gasteiger partial charge in [-0.2, -0.15) is 0 Å². The minimum atomic E-state index is -1.26. The summed E-state index contributed by atoms with van der Waals surface area (Å²) in [5, 5.41) is 0. The van der Waals surface area contributed by atoms with Crippen molar-refractivity contribution in [2.24, 2.45) is 11.8 Å². The number of benzene rings is 4. The Balaban J connectivity index is 1.68. The number of Topliss-reactive ketones (excluding diaryl/α,β-unsaturated/α-hetero) is 3. The zero-order valence-electron chi connectivity index (χ0n) is 20.7. The van der Waals surface area contributed by atoms with E-state index in [1.807, 2.05) is 55.4 Å². The minimum Gasteiger partial charge on any atom is -0.484 e. The van der Waals surface area contributed by atoms with E-state index in [2.05, 4.69) is 0 Å². The van der Waals surface area contributed by atoms with Crippen LogP contribution in [0.2, 0.25) is 0 Å². The lowest BCUT2D eigenvalue weighted by Gasteiger charge is -2.36. The highest BCUT2D eigenvalue weighted by Crippen LogP contribution is 2.44. The van der Waals surface area contributed by atoms with Gasteiger partial charge in [0.25, 0.3) is 0 Å². The van der Waals surface area contributed by atoms with Gasteiger partial charge >= 0.3 is 0 Å². The summed E-state index contributed by atoms with van der Waals surface area (Å²) >= 11 is 0. The van der Waals surface area contributed by atoms with Gasteiger partial charge in [-0.05, 0) is 29.8 Å². The van der Waals surface area contributed by atoms with Crippen molar-refractivity contribution >= 4 is 23.0 Å². The topological polar surface area (TPSA) is 63.7 Å². The van der Waals surface area contributed by atoms with E-state index in [4.69, 9.17) is 4.74 Å². The van der Waals surface area contributed by atoms with Crippen molar-refractivity contribution in [3.63, 3.8) is 0 Å². The number of fused-ring (bicyclic) bond motifs is 1. The lowest BCUT2D eigenvalue weighted by molar-refractivity contribution is 0.0428. The third-order valence-corrected chi connectivity index (χ3v) is 6.81. The Labute approximate surface area is 216 Å². The molecule has 5 rings (SSSR count). The Morgan fingerprint density at radius 3 is 1.76 bits per heavy atom. The summed E-state index contributed by atoms with van der Waals surface area (Å²) in [5.41, 5.74) is 2.85. The predicted octanol–water partition coefficient (Wildman–Crippen LogP) is 6.07. The highest BCUT2D eigenvalue weighted by molar-refractivity contribution is 6.20. The van der Waals surface area contributed by atoms with Crippen LogP contribution in [0.25, 0.3) is 0 Å². The molecule has 0 aromatic heterocycles. The maximum absolute atomic E-state index is 14.1. The molecule has 0 N–H and O–H groups in total.